The molecule has 94 valence electrons. The second-order valence-electron chi connectivity index (χ2n) is 3.89. The van der Waals surface area contributed by atoms with E-state index >= 15 is 0 Å². The van der Waals surface area contributed by atoms with E-state index in [0.29, 0.717) is 11.6 Å². The van der Waals surface area contributed by atoms with Gasteiger partial charge in [0.25, 0.3) is 0 Å². The molecule has 4 heteroatoms. The van der Waals surface area contributed by atoms with Crippen LogP contribution in [-0.2, 0) is 6.54 Å². The number of nitrogens with two attached hydrogens (primary N) is 1. The third-order valence-corrected chi connectivity index (χ3v) is 3.22. The maximum absolute atomic E-state index is 6.35. The van der Waals surface area contributed by atoms with Crippen LogP contribution in [0.2, 0.25) is 5.02 Å². The number of aromatic nitrogens is 1. The minimum Gasteiger partial charge on any atom is -0.326 e. The van der Waals surface area contributed by atoms with Crippen molar-refractivity contribution in [1.29, 1.82) is 0 Å². The smallest absolute Gasteiger partial charge is 0.152 e. The van der Waals surface area contributed by atoms with E-state index in [1.807, 2.05) is 36.4 Å². The second-order valence-corrected chi connectivity index (χ2v) is 4.27. The molecule has 0 atom stereocenters. The Hall–Kier alpha value is -1.58. The third-order valence-electron chi connectivity index (χ3n) is 2.81. The van der Waals surface area contributed by atoms with Crippen molar-refractivity contribution >= 4 is 23.1 Å². The van der Waals surface area contributed by atoms with Crippen molar-refractivity contribution in [3.63, 3.8) is 0 Å². The lowest BCUT2D eigenvalue weighted by molar-refractivity contribution is 0.975. The van der Waals surface area contributed by atoms with Gasteiger partial charge in [0, 0.05) is 25.0 Å². The van der Waals surface area contributed by atoms with Gasteiger partial charge < -0.3 is 10.6 Å². The molecule has 0 fully saturated rings. The largest absolute Gasteiger partial charge is 0.326 e. The highest BCUT2D eigenvalue weighted by atomic mass is 35.5. The van der Waals surface area contributed by atoms with Crippen LogP contribution in [0.4, 0.5) is 11.5 Å². The van der Waals surface area contributed by atoms with Gasteiger partial charge in [0.15, 0.2) is 5.82 Å². The molecule has 0 saturated carbocycles. The van der Waals surface area contributed by atoms with Crippen LogP contribution in [0, 0.1) is 0 Å². The van der Waals surface area contributed by atoms with Crippen molar-refractivity contribution < 1.29 is 0 Å². The molecule has 0 aliphatic carbocycles. The maximum Gasteiger partial charge on any atom is 0.152 e. The lowest BCUT2D eigenvalue weighted by atomic mass is 10.2. The summed E-state index contributed by atoms with van der Waals surface area (Å²) in [5.74, 6) is 0.758. The minimum absolute atomic E-state index is 0.417. The van der Waals surface area contributed by atoms with Crippen LogP contribution < -0.4 is 10.6 Å². The predicted molar refractivity (Wildman–Crippen MR) is 76.3 cm³/mol. The lowest BCUT2D eigenvalue weighted by Crippen LogP contribution is -2.18. The van der Waals surface area contributed by atoms with E-state index in [-0.39, 0.29) is 0 Å². The Labute approximate surface area is 112 Å². The monoisotopic (exact) mass is 261 g/mol. The number of pyridine rings is 1. The molecule has 18 heavy (non-hydrogen) atoms. The van der Waals surface area contributed by atoms with Crippen molar-refractivity contribution in [2.24, 2.45) is 5.73 Å². The van der Waals surface area contributed by atoms with Crippen LogP contribution in [0.5, 0.6) is 0 Å². The van der Waals surface area contributed by atoms with Crippen LogP contribution in [0.25, 0.3) is 0 Å². The topological polar surface area (TPSA) is 42.2 Å². The number of rotatable bonds is 4. The molecule has 0 radical (unpaired) electrons. The summed E-state index contributed by atoms with van der Waals surface area (Å²) in [5.41, 5.74) is 7.65. The summed E-state index contributed by atoms with van der Waals surface area (Å²) in [7, 11) is 0. The van der Waals surface area contributed by atoms with Gasteiger partial charge in [0.2, 0.25) is 0 Å². The quantitative estimate of drug-likeness (QED) is 0.918. The SMILES string of the molecule is CCN(c1ccccc1)c1nccc(CN)c1Cl. The molecule has 0 saturated heterocycles. The van der Waals surface area contributed by atoms with E-state index < -0.39 is 0 Å². The molecule has 0 bridgehead atoms. The highest BCUT2D eigenvalue weighted by Crippen LogP contribution is 2.31. The predicted octanol–water partition coefficient (Wildman–Crippen LogP) is 3.35. The number of nitrogens with zero attached hydrogens (tertiary/aromatic N) is 2. The summed E-state index contributed by atoms with van der Waals surface area (Å²) >= 11 is 6.35. The average molecular weight is 262 g/mol. The van der Waals surface area contributed by atoms with Crippen LogP contribution in [0.3, 0.4) is 0 Å². The first-order chi connectivity index (χ1) is 8.77. The van der Waals surface area contributed by atoms with Crippen LogP contribution in [-0.4, -0.2) is 11.5 Å². The molecule has 0 aliphatic heterocycles. The van der Waals surface area contributed by atoms with Crippen LogP contribution in [0.1, 0.15) is 12.5 Å². The minimum atomic E-state index is 0.417. The van der Waals surface area contributed by atoms with E-state index in [4.69, 9.17) is 17.3 Å². The van der Waals surface area contributed by atoms with Gasteiger partial charge >= 0.3 is 0 Å². The van der Waals surface area contributed by atoms with Crippen molar-refractivity contribution in [3.05, 3.63) is 53.2 Å². The summed E-state index contributed by atoms with van der Waals surface area (Å²) in [5, 5.41) is 0.630. The van der Waals surface area contributed by atoms with Crippen molar-refractivity contribution in [2.75, 3.05) is 11.4 Å². The first-order valence-electron chi connectivity index (χ1n) is 5.94. The number of hydrogen-bond donors (Lipinski definition) is 1. The van der Waals surface area contributed by atoms with Gasteiger partial charge in [0.05, 0.1) is 5.02 Å². The van der Waals surface area contributed by atoms with Crippen molar-refractivity contribution in [1.82, 2.24) is 4.98 Å². The van der Waals surface area contributed by atoms with Gasteiger partial charge in [-0.05, 0) is 30.7 Å². The Morgan fingerprint density at radius 3 is 2.56 bits per heavy atom. The van der Waals surface area contributed by atoms with Crippen molar-refractivity contribution in [2.45, 2.75) is 13.5 Å². The molecule has 2 N–H and O–H groups in total. The molecule has 0 unspecified atom stereocenters. The van der Waals surface area contributed by atoms with Gasteiger partial charge in [-0.2, -0.15) is 0 Å². The summed E-state index contributed by atoms with van der Waals surface area (Å²) in [6, 6.07) is 11.9. The summed E-state index contributed by atoms with van der Waals surface area (Å²) in [4.78, 5) is 6.44. The Balaban J connectivity index is 2.46. The third kappa shape index (κ3) is 2.47. The second kappa shape index (κ2) is 5.85. The zero-order valence-electron chi connectivity index (χ0n) is 10.3. The molecule has 0 amide bonds. The highest BCUT2D eigenvalue weighted by molar-refractivity contribution is 6.33. The fraction of sp³-hybridized carbons (Fsp3) is 0.214. The number of hydrogen-bond acceptors (Lipinski definition) is 3. The Morgan fingerprint density at radius 2 is 1.94 bits per heavy atom. The number of benzene rings is 1. The molecule has 0 spiro atoms. The Kier molecular flexibility index (Phi) is 4.18. The Morgan fingerprint density at radius 1 is 1.22 bits per heavy atom. The maximum atomic E-state index is 6.35. The van der Waals surface area contributed by atoms with E-state index in [1.54, 1.807) is 6.20 Å². The molecule has 2 aromatic rings. The normalized spacial score (nSPS) is 10.4. The number of halogens is 1. The lowest BCUT2D eigenvalue weighted by Gasteiger charge is -2.23. The molecular weight excluding hydrogens is 246 g/mol. The molecule has 3 nitrogen and oxygen atoms in total. The summed E-state index contributed by atoms with van der Waals surface area (Å²) in [6.45, 7) is 3.28. The van der Waals surface area contributed by atoms with E-state index in [2.05, 4.69) is 16.8 Å². The van der Waals surface area contributed by atoms with E-state index in [9.17, 15) is 0 Å². The fourth-order valence-corrected chi connectivity index (χ4v) is 2.17. The molecule has 1 aromatic heterocycles. The molecule has 0 aliphatic rings. The van der Waals surface area contributed by atoms with Crippen molar-refractivity contribution in [3.8, 4) is 0 Å². The van der Waals surface area contributed by atoms with Gasteiger partial charge in [-0.3, -0.25) is 0 Å². The zero-order chi connectivity index (χ0) is 13.0. The summed E-state index contributed by atoms with van der Waals surface area (Å²) < 4.78 is 0. The number of anilines is 2. The molecular formula is C14H16ClN3. The van der Waals surface area contributed by atoms with E-state index in [0.717, 1.165) is 23.6 Å². The number of para-hydroxylation sites is 1. The first-order valence-corrected chi connectivity index (χ1v) is 6.31. The van der Waals surface area contributed by atoms with Crippen LogP contribution in [0.15, 0.2) is 42.6 Å². The van der Waals surface area contributed by atoms with Gasteiger partial charge in [-0.25, -0.2) is 4.98 Å². The first kappa shape index (κ1) is 12.9. The van der Waals surface area contributed by atoms with Gasteiger partial charge in [-0.1, -0.05) is 29.8 Å². The van der Waals surface area contributed by atoms with E-state index in [1.165, 1.54) is 0 Å². The average Bonchev–Trinajstić information content (AvgIpc) is 2.43. The zero-order valence-corrected chi connectivity index (χ0v) is 11.1. The molecule has 1 aromatic carbocycles. The molecule has 2 rings (SSSR count). The highest BCUT2D eigenvalue weighted by Gasteiger charge is 2.14. The fourth-order valence-electron chi connectivity index (χ4n) is 1.88. The van der Waals surface area contributed by atoms with Gasteiger partial charge in [0.1, 0.15) is 0 Å². The summed E-state index contributed by atoms with van der Waals surface area (Å²) in [6.07, 6.45) is 1.75. The van der Waals surface area contributed by atoms with Gasteiger partial charge in [-0.15, -0.1) is 0 Å². The molecule has 1 heterocycles. The standard InChI is InChI=1S/C14H16ClN3/c1-2-18(12-6-4-3-5-7-12)14-13(15)11(10-16)8-9-17-14/h3-9H,2,10,16H2,1H3. The Bertz CT molecular complexity index is 514. The van der Waals surface area contributed by atoms with Crippen LogP contribution >= 0.6 is 11.6 Å².